The van der Waals surface area contributed by atoms with Crippen LogP contribution in [0.2, 0.25) is 0 Å². The fourth-order valence-corrected chi connectivity index (χ4v) is 0. The van der Waals surface area contributed by atoms with Crippen molar-refractivity contribution in [2.45, 2.75) is 0 Å². The molecule has 0 radical (unpaired) electrons. The largest absolute Gasteiger partial charge is 3.00 e. The van der Waals surface area contributed by atoms with Gasteiger partial charge in [-0.3, -0.25) is 0 Å². The molecule has 0 aromatic heterocycles. The Kier molecular flexibility index (Phi) is 39.5. The zero-order chi connectivity index (χ0) is 10.7. The average molecular weight is 690 g/mol. The standard InChI is InChI=1S/Ho.3IO3/c;3*2-1(3)4/q+3;3*-1. The second kappa shape index (κ2) is 20.5. The van der Waals surface area contributed by atoms with Crippen molar-refractivity contribution in [3.63, 3.8) is 0 Å². The predicted octanol–water partition coefficient (Wildman–Crippen LogP) is -19.7. The van der Waals surface area contributed by atoms with Crippen molar-refractivity contribution in [2.24, 2.45) is 0 Å². The summed E-state index contributed by atoms with van der Waals surface area (Å²) in [5.74, 6) is 0. The van der Waals surface area contributed by atoms with E-state index in [-0.39, 0.29) is 37.7 Å². The Morgan fingerprint density at radius 1 is 0.385 bits per heavy atom. The molecule has 0 heterocycles. The fourth-order valence-electron chi connectivity index (χ4n) is 0. The molecule has 86 valence electrons. The second-order valence-electron chi connectivity index (χ2n) is 0.567. The van der Waals surface area contributed by atoms with Gasteiger partial charge in [0, 0.05) is 0 Å². The normalized spacial score (nSPS) is 8.31. The Hall–Kier alpha value is 3.09. The van der Waals surface area contributed by atoms with E-state index in [9.17, 15) is 0 Å². The first kappa shape index (κ1) is 25.1. The molecule has 0 saturated carbocycles. The van der Waals surface area contributed by atoms with Gasteiger partial charge in [-0.15, -0.1) is 0 Å². The van der Waals surface area contributed by atoms with E-state index in [0.29, 0.717) is 0 Å². The summed E-state index contributed by atoms with van der Waals surface area (Å²) in [5, 5.41) is 0. The maximum Gasteiger partial charge on any atom is 3.00 e. The molecule has 0 aromatic carbocycles. The summed E-state index contributed by atoms with van der Waals surface area (Å²) >= 11 is -12.0. The van der Waals surface area contributed by atoms with Crippen molar-refractivity contribution in [1.82, 2.24) is 0 Å². The SMILES string of the molecule is [Ho+3].[O-][I+2]([O-])[O-].[O-][I+2]([O-])[O-].[O-][I+2]([O-])[O-]. The summed E-state index contributed by atoms with van der Waals surface area (Å²) < 4.78 is 77.2. The van der Waals surface area contributed by atoms with Gasteiger partial charge in [-0.2, -0.15) is 0 Å². The fraction of sp³-hybridized carbons (Fsp3) is 0. The molecule has 9 nitrogen and oxygen atoms in total. The molecule has 0 aromatic rings. The van der Waals surface area contributed by atoms with E-state index >= 15 is 0 Å². The van der Waals surface area contributed by atoms with Crippen LogP contribution >= 0.6 is 0 Å². The minimum Gasteiger partial charge on any atom is -0.427 e. The zero-order valence-electron chi connectivity index (χ0n) is 5.11. The van der Waals surface area contributed by atoms with E-state index in [1.165, 1.54) is 0 Å². The smallest absolute Gasteiger partial charge is 0.427 e. The summed E-state index contributed by atoms with van der Waals surface area (Å²) in [6.45, 7) is 0. The molecule has 0 aliphatic rings. The Bertz CT molecular complexity index is 43.4. The third-order valence-corrected chi connectivity index (χ3v) is 0. The number of hydrogen-bond donors (Lipinski definition) is 0. The molecular weight excluding hydrogens is 690 g/mol. The summed E-state index contributed by atoms with van der Waals surface area (Å²) in [7, 11) is 0. The quantitative estimate of drug-likeness (QED) is 0.175. The predicted molar refractivity (Wildman–Crippen MR) is 0 cm³/mol. The van der Waals surface area contributed by atoms with Gasteiger partial charge in [0.2, 0.25) is 0 Å². The number of rotatable bonds is 0. The van der Waals surface area contributed by atoms with Crippen LogP contribution in [0.5, 0.6) is 0 Å². The molecule has 0 atom stereocenters. The van der Waals surface area contributed by atoms with Gasteiger partial charge < -0.3 is 30.9 Å². The third kappa shape index (κ3) is 271. The molecule has 13 heteroatoms. The van der Waals surface area contributed by atoms with Gasteiger partial charge in [-0.05, 0) is 0 Å². The maximum absolute atomic E-state index is 8.57. The van der Waals surface area contributed by atoms with Gasteiger partial charge in [-0.25, -0.2) is 0 Å². The van der Waals surface area contributed by atoms with Crippen LogP contribution in [-0.4, -0.2) is 0 Å². The van der Waals surface area contributed by atoms with E-state index in [4.69, 9.17) is 30.9 Å². The molecule has 0 rings (SSSR count). The molecule has 0 bridgehead atoms. The first-order valence-corrected chi connectivity index (χ1v) is 9.32. The molecule has 0 amide bonds. The zero-order valence-corrected chi connectivity index (χ0v) is 13.5. The van der Waals surface area contributed by atoms with Crippen LogP contribution in [0.1, 0.15) is 0 Å². The van der Waals surface area contributed by atoms with Crippen LogP contribution in [0.25, 0.3) is 0 Å². The monoisotopic (exact) mass is 690 g/mol. The molecule has 0 aliphatic carbocycles. The van der Waals surface area contributed by atoms with Gasteiger partial charge in [0.05, 0.1) is 0 Å². The van der Waals surface area contributed by atoms with Crippen molar-refractivity contribution in [2.75, 3.05) is 0 Å². The molecule has 0 aliphatic heterocycles. The first-order valence-electron chi connectivity index (χ1n) is 1.39. The van der Waals surface area contributed by atoms with Crippen LogP contribution in [0.15, 0.2) is 0 Å². The van der Waals surface area contributed by atoms with Crippen molar-refractivity contribution in [3.05, 3.63) is 0 Å². The van der Waals surface area contributed by atoms with Crippen LogP contribution in [0.3, 0.4) is 0 Å². The molecule has 13 heavy (non-hydrogen) atoms. The van der Waals surface area contributed by atoms with Gasteiger partial charge in [0.25, 0.3) is 63.2 Å². The van der Waals surface area contributed by atoms with Gasteiger partial charge in [-0.1, -0.05) is 0 Å². The van der Waals surface area contributed by atoms with Crippen LogP contribution in [-0.2, 0) is 0 Å². The molecular formula is HoI3O9. The molecule has 0 spiro atoms. The average Bonchev–Trinajstić information content (AvgIpc) is 1.54. The van der Waals surface area contributed by atoms with E-state index in [0.717, 1.165) is 0 Å². The van der Waals surface area contributed by atoms with E-state index in [2.05, 4.69) is 0 Å². The Labute approximate surface area is 129 Å². The topological polar surface area (TPSA) is 208 Å². The maximum atomic E-state index is 8.57. The van der Waals surface area contributed by atoms with E-state index < -0.39 is 63.2 Å². The minimum absolute atomic E-state index is 0. The van der Waals surface area contributed by atoms with Gasteiger partial charge >= 0.3 is 37.7 Å². The second-order valence-corrected chi connectivity index (χ2v) is 3.80. The van der Waals surface area contributed by atoms with Crippen molar-refractivity contribution in [1.29, 1.82) is 0 Å². The minimum atomic E-state index is -4.01. The van der Waals surface area contributed by atoms with Crippen molar-refractivity contribution >= 4 is 0 Å². The van der Waals surface area contributed by atoms with Crippen molar-refractivity contribution in [3.8, 4) is 0 Å². The molecule has 0 fully saturated rings. The van der Waals surface area contributed by atoms with Crippen LogP contribution in [0.4, 0.5) is 0 Å². The Morgan fingerprint density at radius 2 is 0.385 bits per heavy atom. The third-order valence-electron chi connectivity index (χ3n) is 0. The summed E-state index contributed by atoms with van der Waals surface area (Å²) in [6, 6.07) is 0. The van der Waals surface area contributed by atoms with E-state index in [1.54, 1.807) is 0 Å². The summed E-state index contributed by atoms with van der Waals surface area (Å²) in [5.41, 5.74) is 0. The number of halogens is 3. The van der Waals surface area contributed by atoms with E-state index in [1.807, 2.05) is 0 Å². The molecule has 0 N–H and O–H groups in total. The van der Waals surface area contributed by atoms with Gasteiger partial charge in [0.15, 0.2) is 0 Å². The summed E-state index contributed by atoms with van der Waals surface area (Å²) in [6.07, 6.45) is 0. The van der Waals surface area contributed by atoms with Crippen LogP contribution < -0.4 is 94.1 Å². The first-order chi connectivity index (χ1) is 5.20. The summed E-state index contributed by atoms with van der Waals surface area (Å²) in [4.78, 5) is 0. The van der Waals surface area contributed by atoms with Crippen LogP contribution in [0, 0.1) is 37.7 Å². The number of hydrogen-bond acceptors (Lipinski definition) is 9. The van der Waals surface area contributed by atoms with Crippen molar-refractivity contribution < 1.29 is 132 Å². The molecule has 0 saturated heterocycles. The van der Waals surface area contributed by atoms with Gasteiger partial charge in [0.1, 0.15) is 0 Å². The molecule has 0 unspecified atom stereocenters. The Morgan fingerprint density at radius 3 is 0.385 bits per heavy atom. The Balaban J connectivity index is -0.0000000450.